The van der Waals surface area contributed by atoms with Gasteiger partial charge in [-0.2, -0.15) is 0 Å². The van der Waals surface area contributed by atoms with Crippen molar-refractivity contribution in [2.45, 2.75) is 13.8 Å². The highest BCUT2D eigenvalue weighted by Gasteiger charge is 1.93. The predicted octanol–water partition coefficient (Wildman–Crippen LogP) is 2.79. The molecule has 1 nitrogen and oxygen atoms in total. The third-order valence-corrected chi connectivity index (χ3v) is 1.56. The SMILES string of the molecule is C=C=Nc1cc(C)ccc1C. The molecule has 0 bridgehead atoms. The van der Waals surface area contributed by atoms with Gasteiger partial charge in [0, 0.05) is 0 Å². The largest absolute Gasteiger partial charge is 0.207 e. The molecule has 1 heteroatoms. The molecule has 0 atom stereocenters. The Balaban J connectivity index is 3.22. The van der Waals surface area contributed by atoms with Crippen LogP contribution >= 0.6 is 0 Å². The van der Waals surface area contributed by atoms with Gasteiger partial charge in [0.05, 0.1) is 5.69 Å². The average molecular weight is 145 g/mol. The van der Waals surface area contributed by atoms with Gasteiger partial charge < -0.3 is 0 Å². The minimum absolute atomic E-state index is 0.958. The zero-order chi connectivity index (χ0) is 8.27. The first kappa shape index (κ1) is 7.77. The molecule has 0 heterocycles. The molecule has 0 spiro atoms. The number of benzene rings is 1. The van der Waals surface area contributed by atoms with Crippen LogP contribution in [0.5, 0.6) is 0 Å². The van der Waals surface area contributed by atoms with Crippen LogP contribution in [0, 0.1) is 13.8 Å². The third kappa shape index (κ3) is 1.79. The smallest absolute Gasteiger partial charge is 0.0761 e. The molecule has 1 aromatic carbocycles. The topological polar surface area (TPSA) is 12.4 Å². The fourth-order valence-corrected chi connectivity index (χ4v) is 0.925. The van der Waals surface area contributed by atoms with E-state index in [1.807, 2.05) is 26.0 Å². The lowest BCUT2D eigenvalue weighted by atomic mass is 10.1. The minimum atomic E-state index is 0.958. The van der Waals surface area contributed by atoms with Crippen molar-refractivity contribution in [3.63, 3.8) is 0 Å². The summed E-state index contributed by atoms with van der Waals surface area (Å²) in [6, 6.07) is 6.14. The Labute approximate surface area is 67.1 Å². The molecule has 0 fully saturated rings. The first-order chi connectivity index (χ1) is 5.24. The second-order valence-corrected chi connectivity index (χ2v) is 2.56. The van der Waals surface area contributed by atoms with Crippen molar-refractivity contribution in [3.05, 3.63) is 35.9 Å². The van der Waals surface area contributed by atoms with E-state index < -0.39 is 0 Å². The maximum absolute atomic E-state index is 4.01. The van der Waals surface area contributed by atoms with E-state index in [0.717, 1.165) is 11.3 Å². The van der Waals surface area contributed by atoms with Crippen LogP contribution in [0.3, 0.4) is 0 Å². The highest BCUT2D eigenvalue weighted by atomic mass is 14.7. The highest BCUT2D eigenvalue weighted by Crippen LogP contribution is 2.18. The Kier molecular flexibility index (Phi) is 2.25. The van der Waals surface area contributed by atoms with E-state index in [-0.39, 0.29) is 0 Å². The molecule has 0 amide bonds. The monoisotopic (exact) mass is 145 g/mol. The molecule has 1 aromatic rings. The zero-order valence-corrected chi connectivity index (χ0v) is 6.89. The Morgan fingerprint density at radius 3 is 2.73 bits per heavy atom. The number of aliphatic imine (C=N–C) groups is 1. The van der Waals surface area contributed by atoms with Gasteiger partial charge in [-0.25, -0.2) is 4.99 Å². The van der Waals surface area contributed by atoms with Crippen molar-refractivity contribution in [3.8, 4) is 0 Å². The van der Waals surface area contributed by atoms with Gasteiger partial charge in [0.15, 0.2) is 0 Å². The molecule has 0 saturated carbocycles. The molecule has 0 aliphatic carbocycles. The Morgan fingerprint density at radius 2 is 2.09 bits per heavy atom. The summed E-state index contributed by atoms with van der Waals surface area (Å²) in [4.78, 5) is 4.01. The van der Waals surface area contributed by atoms with Gasteiger partial charge in [-0.1, -0.05) is 12.1 Å². The summed E-state index contributed by atoms with van der Waals surface area (Å²) >= 11 is 0. The molecule has 0 aliphatic heterocycles. The zero-order valence-electron chi connectivity index (χ0n) is 6.89. The lowest BCUT2D eigenvalue weighted by Gasteiger charge is -1.98. The van der Waals surface area contributed by atoms with E-state index in [0.29, 0.717) is 0 Å². The van der Waals surface area contributed by atoms with Gasteiger partial charge in [-0.3, -0.25) is 0 Å². The van der Waals surface area contributed by atoms with Crippen LogP contribution in [0.2, 0.25) is 0 Å². The maximum atomic E-state index is 4.01. The Hall–Kier alpha value is -1.33. The second kappa shape index (κ2) is 3.18. The van der Waals surface area contributed by atoms with Gasteiger partial charge in [-0.05, 0) is 43.5 Å². The molecule has 11 heavy (non-hydrogen) atoms. The molecule has 0 unspecified atom stereocenters. The van der Waals surface area contributed by atoms with Gasteiger partial charge in [-0.15, -0.1) is 0 Å². The quantitative estimate of drug-likeness (QED) is 0.539. The van der Waals surface area contributed by atoms with E-state index in [1.54, 1.807) is 0 Å². The highest BCUT2D eigenvalue weighted by molar-refractivity contribution is 5.58. The maximum Gasteiger partial charge on any atom is 0.0761 e. The van der Waals surface area contributed by atoms with E-state index >= 15 is 0 Å². The number of hydrogen-bond acceptors (Lipinski definition) is 1. The number of rotatable bonds is 1. The van der Waals surface area contributed by atoms with E-state index in [1.165, 1.54) is 5.56 Å². The van der Waals surface area contributed by atoms with Crippen LogP contribution < -0.4 is 0 Å². The summed E-state index contributed by atoms with van der Waals surface area (Å²) in [7, 11) is 0. The van der Waals surface area contributed by atoms with Crippen molar-refractivity contribution < 1.29 is 0 Å². The van der Waals surface area contributed by atoms with Crippen LogP contribution in [0.25, 0.3) is 0 Å². The van der Waals surface area contributed by atoms with Crippen molar-refractivity contribution in [1.29, 1.82) is 0 Å². The average Bonchev–Trinajstić information content (AvgIpc) is 1.98. The minimum Gasteiger partial charge on any atom is -0.207 e. The van der Waals surface area contributed by atoms with Gasteiger partial charge >= 0.3 is 0 Å². The summed E-state index contributed by atoms with van der Waals surface area (Å²) in [5, 5.41) is 0. The Bertz CT molecular complexity index is 307. The van der Waals surface area contributed by atoms with Crippen LogP contribution in [0.4, 0.5) is 5.69 Å². The summed E-state index contributed by atoms with van der Waals surface area (Å²) < 4.78 is 0. The van der Waals surface area contributed by atoms with Crippen LogP contribution in [-0.4, -0.2) is 5.87 Å². The van der Waals surface area contributed by atoms with E-state index in [2.05, 4.69) is 23.5 Å². The molecule has 0 N–H and O–H groups in total. The number of aryl methyl sites for hydroxylation is 2. The summed E-state index contributed by atoms with van der Waals surface area (Å²) in [5.74, 6) is 2.53. The van der Waals surface area contributed by atoms with E-state index in [9.17, 15) is 0 Å². The van der Waals surface area contributed by atoms with Gasteiger partial charge in [0.25, 0.3) is 0 Å². The van der Waals surface area contributed by atoms with Crippen molar-refractivity contribution in [2.75, 3.05) is 0 Å². The van der Waals surface area contributed by atoms with Gasteiger partial charge in [0.1, 0.15) is 0 Å². The molecule has 1 rings (SSSR count). The molecule has 0 aliphatic rings. The summed E-state index contributed by atoms with van der Waals surface area (Å²) in [6.45, 7) is 7.50. The lowest BCUT2D eigenvalue weighted by Crippen LogP contribution is -1.75. The molecule has 0 radical (unpaired) electrons. The summed E-state index contributed by atoms with van der Waals surface area (Å²) in [6.07, 6.45) is 0. The van der Waals surface area contributed by atoms with E-state index in [4.69, 9.17) is 0 Å². The van der Waals surface area contributed by atoms with Crippen LogP contribution in [-0.2, 0) is 0 Å². The van der Waals surface area contributed by atoms with Crippen molar-refractivity contribution in [2.24, 2.45) is 4.99 Å². The fourth-order valence-electron chi connectivity index (χ4n) is 0.925. The normalized spacial score (nSPS) is 8.91. The standard InChI is InChI=1S/C10H11N/c1-4-11-10-7-8(2)5-6-9(10)3/h5-7H,1H2,2-3H3. The first-order valence-corrected chi connectivity index (χ1v) is 3.54. The predicted molar refractivity (Wildman–Crippen MR) is 48.6 cm³/mol. The molecule has 0 aromatic heterocycles. The second-order valence-electron chi connectivity index (χ2n) is 2.56. The number of hydrogen-bond donors (Lipinski definition) is 0. The first-order valence-electron chi connectivity index (χ1n) is 3.54. The van der Waals surface area contributed by atoms with Crippen LogP contribution in [0.1, 0.15) is 11.1 Å². The third-order valence-electron chi connectivity index (χ3n) is 1.56. The number of nitrogens with zero attached hydrogens (tertiary/aromatic N) is 1. The molecule has 56 valence electrons. The van der Waals surface area contributed by atoms with Crippen LogP contribution in [0.15, 0.2) is 29.8 Å². The van der Waals surface area contributed by atoms with Crippen molar-refractivity contribution >= 4 is 11.6 Å². The summed E-state index contributed by atoms with van der Waals surface area (Å²) in [5.41, 5.74) is 3.33. The fraction of sp³-hybridized carbons (Fsp3) is 0.200. The van der Waals surface area contributed by atoms with Gasteiger partial charge in [0.2, 0.25) is 0 Å². The lowest BCUT2D eigenvalue weighted by molar-refractivity contribution is 1.36. The molecule has 0 saturated heterocycles. The Morgan fingerprint density at radius 1 is 1.36 bits per heavy atom. The van der Waals surface area contributed by atoms with Crippen molar-refractivity contribution in [1.82, 2.24) is 0 Å². The molecular weight excluding hydrogens is 134 g/mol. The molecular formula is C10H11N.